The van der Waals surface area contributed by atoms with Gasteiger partial charge in [-0.2, -0.15) is 0 Å². The summed E-state index contributed by atoms with van der Waals surface area (Å²) in [6.07, 6.45) is 6.61. The van der Waals surface area contributed by atoms with Crippen molar-refractivity contribution in [1.29, 1.82) is 0 Å². The van der Waals surface area contributed by atoms with E-state index in [0.717, 1.165) is 22.9 Å². The number of fused-ring (bicyclic) bond motifs is 1. The van der Waals surface area contributed by atoms with E-state index < -0.39 is 5.97 Å². The molecule has 0 atom stereocenters. The number of aromatic nitrogens is 3. The molecule has 1 aliphatic heterocycles. The van der Waals surface area contributed by atoms with Gasteiger partial charge in [-0.15, -0.1) is 5.10 Å². The number of carbonyl (C=O) groups is 2. The number of rotatable bonds is 5. The number of aryl methyl sites for hydroxylation is 1. The summed E-state index contributed by atoms with van der Waals surface area (Å²) in [6, 6.07) is 7.09. The van der Waals surface area contributed by atoms with Gasteiger partial charge < -0.3 is 14.4 Å². The van der Waals surface area contributed by atoms with Gasteiger partial charge in [-0.1, -0.05) is 17.4 Å². The number of carboxylic acids is 1. The van der Waals surface area contributed by atoms with Gasteiger partial charge >= 0.3 is 5.97 Å². The highest BCUT2D eigenvalue weighted by atomic mass is 16.4. The molecule has 0 saturated heterocycles. The van der Waals surface area contributed by atoms with Gasteiger partial charge in [0.2, 0.25) is 11.7 Å². The fraction of sp³-hybridized carbons (Fsp3) is 0.263. The van der Waals surface area contributed by atoms with Crippen molar-refractivity contribution >= 4 is 28.4 Å². The van der Waals surface area contributed by atoms with Gasteiger partial charge in [0.1, 0.15) is 5.58 Å². The SMILES string of the molecule is O=C(O)c1cc2cc(C3=CCCN(C(=O)CCn4ccnn4)C3)ccc2o1. The molecule has 0 radical (unpaired) electrons. The highest BCUT2D eigenvalue weighted by Gasteiger charge is 2.20. The van der Waals surface area contributed by atoms with Gasteiger partial charge in [0, 0.05) is 31.1 Å². The molecule has 0 spiro atoms. The fourth-order valence-electron chi connectivity index (χ4n) is 3.23. The van der Waals surface area contributed by atoms with Gasteiger partial charge in [0.05, 0.1) is 12.7 Å². The van der Waals surface area contributed by atoms with Crippen LogP contribution in [0.15, 0.2) is 47.2 Å². The zero-order chi connectivity index (χ0) is 18.8. The molecule has 3 heterocycles. The second-order valence-electron chi connectivity index (χ2n) is 6.42. The molecular weight excluding hydrogens is 348 g/mol. The Labute approximate surface area is 154 Å². The molecule has 8 heteroatoms. The average Bonchev–Trinajstić information content (AvgIpc) is 3.35. The number of amides is 1. The Hall–Kier alpha value is -3.42. The van der Waals surface area contributed by atoms with E-state index in [2.05, 4.69) is 16.4 Å². The summed E-state index contributed by atoms with van der Waals surface area (Å²) in [5, 5.41) is 17.4. The second kappa shape index (κ2) is 7.06. The molecule has 138 valence electrons. The third kappa shape index (κ3) is 3.59. The highest BCUT2D eigenvalue weighted by molar-refractivity contribution is 5.92. The zero-order valence-corrected chi connectivity index (χ0v) is 14.5. The van der Waals surface area contributed by atoms with Crippen molar-refractivity contribution in [2.75, 3.05) is 13.1 Å². The monoisotopic (exact) mass is 366 g/mol. The molecule has 2 aromatic heterocycles. The van der Waals surface area contributed by atoms with E-state index in [0.29, 0.717) is 31.6 Å². The summed E-state index contributed by atoms with van der Waals surface area (Å²) < 4.78 is 6.95. The number of benzene rings is 1. The molecule has 1 aliphatic rings. The van der Waals surface area contributed by atoms with Crippen LogP contribution in [0, 0.1) is 0 Å². The van der Waals surface area contributed by atoms with E-state index in [4.69, 9.17) is 9.52 Å². The summed E-state index contributed by atoms with van der Waals surface area (Å²) >= 11 is 0. The first kappa shape index (κ1) is 17.0. The van der Waals surface area contributed by atoms with Gasteiger partial charge in [-0.3, -0.25) is 9.48 Å². The second-order valence-corrected chi connectivity index (χ2v) is 6.42. The first-order chi connectivity index (χ1) is 13.1. The predicted octanol–water partition coefficient (Wildman–Crippen LogP) is 2.43. The quantitative estimate of drug-likeness (QED) is 0.744. The van der Waals surface area contributed by atoms with Crippen LogP contribution in [0.2, 0.25) is 0 Å². The minimum absolute atomic E-state index is 0.0775. The van der Waals surface area contributed by atoms with E-state index in [1.807, 2.05) is 17.0 Å². The predicted molar refractivity (Wildman–Crippen MR) is 97.0 cm³/mol. The molecule has 0 bridgehead atoms. The molecule has 8 nitrogen and oxygen atoms in total. The molecule has 0 unspecified atom stereocenters. The Morgan fingerprint density at radius 2 is 2.15 bits per heavy atom. The lowest BCUT2D eigenvalue weighted by molar-refractivity contribution is -0.131. The Balaban J connectivity index is 1.47. The van der Waals surface area contributed by atoms with E-state index in [9.17, 15) is 9.59 Å². The van der Waals surface area contributed by atoms with Crippen LogP contribution in [0.4, 0.5) is 0 Å². The molecule has 0 saturated carbocycles. The molecule has 1 aromatic carbocycles. The number of hydrogen-bond acceptors (Lipinski definition) is 5. The molecule has 0 fully saturated rings. The summed E-state index contributed by atoms with van der Waals surface area (Å²) in [5.41, 5.74) is 2.55. The van der Waals surface area contributed by atoms with Gasteiger partial charge in [0.15, 0.2) is 0 Å². The number of nitrogens with zero attached hydrogens (tertiary/aromatic N) is 4. The summed E-state index contributed by atoms with van der Waals surface area (Å²) in [6.45, 7) is 1.73. The van der Waals surface area contributed by atoms with Gasteiger partial charge in [0.25, 0.3) is 0 Å². The van der Waals surface area contributed by atoms with E-state index in [1.54, 1.807) is 23.1 Å². The van der Waals surface area contributed by atoms with Crippen molar-refractivity contribution in [3.8, 4) is 0 Å². The lowest BCUT2D eigenvalue weighted by Gasteiger charge is -2.27. The number of carboxylic acid groups (broad SMARTS) is 1. The van der Waals surface area contributed by atoms with Crippen LogP contribution in [0.3, 0.4) is 0 Å². The smallest absolute Gasteiger partial charge is 0.371 e. The maximum atomic E-state index is 12.5. The average molecular weight is 366 g/mol. The minimum atomic E-state index is -1.09. The van der Waals surface area contributed by atoms with Crippen molar-refractivity contribution < 1.29 is 19.1 Å². The van der Waals surface area contributed by atoms with Gasteiger partial charge in [-0.05, 0) is 35.8 Å². The molecule has 4 rings (SSSR count). The molecular formula is C19H18N4O4. The summed E-state index contributed by atoms with van der Waals surface area (Å²) in [4.78, 5) is 25.4. The molecule has 1 N–H and O–H groups in total. The zero-order valence-electron chi connectivity index (χ0n) is 14.5. The third-order valence-electron chi connectivity index (χ3n) is 4.63. The largest absolute Gasteiger partial charge is 0.475 e. The standard InChI is InChI=1S/C19H18N4O4/c24-18(5-8-23-9-6-20-21-23)22-7-1-2-14(12-22)13-3-4-16-15(10-13)11-17(27-16)19(25)26/h2-4,6,9-11H,1,5,7-8,12H2,(H,25,26). The lowest BCUT2D eigenvalue weighted by atomic mass is 9.99. The van der Waals surface area contributed by atoms with E-state index >= 15 is 0 Å². The maximum absolute atomic E-state index is 12.5. The lowest BCUT2D eigenvalue weighted by Crippen LogP contribution is -2.35. The third-order valence-corrected chi connectivity index (χ3v) is 4.63. The Morgan fingerprint density at radius 1 is 1.26 bits per heavy atom. The first-order valence-electron chi connectivity index (χ1n) is 8.68. The van der Waals surface area contributed by atoms with Crippen molar-refractivity contribution in [2.24, 2.45) is 0 Å². The Kier molecular flexibility index (Phi) is 4.45. The summed E-state index contributed by atoms with van der Waals surface area (Å²) in [7, 11) is 0. The highest BCUT2D eigenvalue weighted by Crippen LogP contribution is 2.27. The number of aromatic carboxylic acids is 1. The number of carbonyl (C=O) groups excluding carboxylic acids is 1. The number of furan rings is 1. The number of hydrogen-bond donors (Lipinski definition) is 1. The van der Waals surface area contributed by atoms with E-state index in [1.165, 1.54) is 6.07 Å². The fourth-order valence-corrected chi connectivity index (χ4v) is 3.23. The van der Waals surface area contributed by atoms with Crippen LogP contribution in [0.5, 0.6) is 0 Å². The maximum Gasteiger partial charge on any atom is 0.371 e. The van der Waals surface area contributed by atoms with E-state index in [-0.39, 0.29) is 11.7 Å². The van der Waals surface area contributed by atoms with Crippen LogP contribution in [-0.2, 0) is 11.3 Å². The minimum Gasteiger partial charge on any atom is -0.475 e. The van der Waals surface area contributed by atoms with Crippen molar-refractivity contribution in [2.45, 2.75) is 19.4 Å². The molecule has 1 amide bonds. The normalized spacial score (nSPS) is 14.4. The van der Waals surface area contributed by atoms with Crippen molar-refractivity contribution in [3.05, 3.63) is 54.1 Å². The molecule has 0 aliphatic carbocycles. The van der Waals surface area contributed by atoms with Crippen molar-refractivity contribution in [3.63, 3.8) is 0 Å². The first-order valence-corrected chi connectivity index (χ1v) is 8.68. The summed E-state index contributed by atoms with van der Waals surface area (Å²) in [5.74, 6) is -1.09. The van der Waals surface area contributed by atoms with Crippen LogP contribution in [0.1, 0.15) is 29.0 Å². The van der Waals surface area contributed by atoms with Gasteiger partial charge in [-0.25, -0.2) is 4.79 Å². The van der Waals surface area contributed by atoms with Crippen LogP contribution < -0.4 is 0 Å². The Bertz CT molecular complexity index is 1020. The molecule has 3 aromatic rings. The van der Waals surface area contributed by atoms with Crippen LogP contribution in [0.25, 0.3) is 16.5 Å². The Morgan fingerprint density at radius 3 is 2.93 bits per heavy atom. The van der Waals surface area contributed by atoms with Crippen molar-refractivity contribution in [1.82, 2.24) is 19.9 Å². The van der Waals surface area contributed by atoms with Crippen LogP contribution in [-0.4, -0.2) is 50.0 Å². The molecule has 27 heavy (non-hydrogen) atoms. The topological polar surface area (TPSA) is 101 Å². The van der Waals surface area contributed by atoms with Crippen LogP contribution >= 0.6 is 0 Å².